The van der Waals surface area contributed by atoms with Gasteiger partial charge in [-0.25, -0.2) is 0 Å². The Morgan fingerprint density at radius 1 is 1.25 bits per heavy atom. The van der Waals surface area contributed by atoms with Crippen LogP contribution in [0.25, 0.3) is 11.4 Å². The molecule has 1 aromatic carbocycles. The molecule has 3 heterocycles. The van der Waals surface area contributed by atoms with E-state index in [1.807, 2.05) is 25.1 Å². The fourth-order valence-electron chi connectivity index (χ4n) is 3.97. The van der Waals surface area contributed by atoms with Crippen molar-refractivity contribution in [2.24, 2.45) is 0 Å². The van der Waals surface area contributed by atoms with Crippen LogP contribution in [0.2, 0.25) is 0 Å². The molecule has 2 aromatic heterocycles. The number of ketones is 1. The van der Waals surface area contributed by atoms with Gasteiger partial charge < -0.3 is 14.2 Å². The molecule has 3 aromatic rings. The Kier molecular flexibility index (Phi) is 6.58. The zero-order valence-electron chi connectivity index (χ0n) is 18.3. The average Bonchev–Trinajstić information content (AvgIpc) is 3.33. The highest BCUT2D eigenvalue weighted by Crippen LogP contribution is 2.28. The number of Topliss-reactive ketones (excluding diaryl/α,β-unsaturated/α-hetero) is 1. The van der Waals surface area contributed by atoms with Crippen molar-refractivity contribution in [1.29, 1.82) is 0 Å². The second-order valence-electron chi connectivity index (χ2n) is 8.00. The molecule has 1 atom stereocenters. The van der Waals surface area contributed by atoms with Crippen molar-refractivity contribution in [3.05, 3.63) is 59.7 Å². The third-order valence-electron chi connectivity index (χ3n) is 5.71. The monoisotopic (exact) mass is 434 g/mol. The number of piperidine rings is 1. The number of pyridine rings is 1. The number of carbonyl (C=O) groups excluding carboxylic acids is 2. The SMILES string of the molecule is COc1ccc(C)cc1C(=O)CCC(=O)N1CCC[C@@H](c2nc(-c3cccnc3)no2)C1. The molecule has 0 aliphatic carbocycles. The van der Waals surface area contributed by atoms with E-state index in [2.05, 4.69) is 15.1 Å². The van der Waals surface area contributed by atoms with Gasteiger partial charge in [0, 0.05) is 43.9 Å². The first kappa shape index (κ1) is 21.7. The lowest BCUT2D eigenvalue weighted by Gasteiger charge is -2.31. The summed E-state index contributed by atoms with van der Waals surface area (Å²) in [5.41, 5.74) is 2.28. The summed E-state index contributed by atoms with van der Waals surface area (Å²) in [6.45, 7) is 3.10. The number of ether oxygens (including phenoxy) is 1. The largest absolute Gasteiger partial charge is 0.496 e. The van der Waals surface area contributed by atoms with Gasteiger partial charge in [0.1, 0.15) is 5.75 Å². The minimum atomic E-state index is -0.0922. The van der Waals surface area contributed by atoms with Crippen LogP contribution in [0.15, 0.2) is 47.2 Å². The fourth-order valence-corrected chi connectivity index (χ4v) is 3.97. The van der Waals surface area contributed by atoms with Crippen LogP contribution in [0.1, 0.15) is 53.4 Å². The number of rotatable bonds is 7. The highest BCUT2D eigenvalue weighted by atomic mass is 16.5. The summed E-state index contributed by atoms with van der Waals surface area (Å²) in [7, 11) is 1.54. The van der Waals surface area contributed by atoms with Gasteiger partial charge in [-0.05, 0) is 44.0 Å². The molecule has 0 saturated carbocycles. The third kappa shape index (κ3) is 4.85. The number of nitrogens with zero attached hydrogens (tertiary/aromatic N) is 4. The highest BCUT2D eigenvalue weighted by molar-refractivity contribution is 6.00. The molecule has 1 fully saturated rings. The first-order valence-corrected chi connectivity index (χ1v) is 10.7. The van der Waals surface area contributed by atoms with E-state index < -0.39 is 0 Å². The first-order chi connectivity index (χ1) is 15.5. The van der Waals surface area contributed by atoms with Crippen molar-refractivity contribution >= 4 is 11.7 Å². The van der Waals surface area contributed by atoms with Crippen molar-refractivity contribution in [3.8, 4) is 17.1 Å². The van der Waals surface area contributed by atoms with Crippen LogP contribution in [0, 0.1) is 6.92 Å². The zero-order valence-corrected chi connectivity index (χ0v) is 18.3. The van der Waals surface area contributed by atoms with Gasteiger partial charge in [-0.1, -0.05) is 16.8 Å². The van der Waals surface area contributed by atoms with Crippen LogP contribution in [0.4, 0.5) is 0 Å². The van der Waals surface area contributed by atoms with Crippen LogP contribution in [-0.2, 0) is 4.79 Å². The number of benzene rings is 1. The molecule has 1 saturated heterocycles. The summed E-state index contributed by atoms with van der Waals surface area (Å²) in [4.78, 5) is 35.9. The van der Waals surface area contributed by atoms with Crippen LogP contribution < -0.4 is 4.74 Å². The quantitative estimate of drug-likeness (QED) is 0.521. The molecule has 8 heteroatoms. The zero-order chi connectivity index (χ0) is 22.5. The molecule has 1 aliphatic rings. The molecule has 32 heavy (non-hydrogen) atoms. The topological polar surface area (TPSA) is 98.4 Å². The Hall–Kier alpha value is -3.55. The van der Waals surface area contributed by atoms with Crippen LogP contribution in [-0.4, -0.2) is 51.9 Å². The Balaban J connectivity index is 1.36. The summed E-state index contributed by atoms with van der Waals surface area (Å²) in [5.74, 6) is 1.41. The van der Waals surface area contributed by atoms with Crippen LogP contribution >= 0.6 is 0 Å². The lowest BCUT2D eigenvalue weighted by Crippen LogP contribution is -2.39. The average molecular weight is 434 g/mol. The second-order valence-corrected chi connectivity index (χ2v) is 8.00. The van der Waals surface area contributed by atoms with E-state index in [-0.39, 0.29) is 30.4 Å². The van der Waals surface area contributed by atoms with E-state index in [1.165, 1.54) is 7.11 Å². The number of aryl methyl sites for hydroxylation is 1. The number of amides is 1. The molecule has 8 nitrogen and oxygen atoms in total. The number of hydrogen-bond donors (Lipinski definition) is 0. The predicted molar refractivity (Wildman–Crippen MR) is 117 cm³/mol. The molecule has 0 bridgehead atoms. The van der Waals surface area contributed by atoms with E-state index >= 15 is 0 Å². The Labute approximate surface area is 186 Å². The van der Waals surface area contributed by atoms with E-state index in [9.17, 15) is 9.59 Å². The molecule has 1 aliphatic heterocycles. The van der Waals surface area contributed by atoms with Gasteiger partial charge in [0.05, 0.1) is 18.6 Å². The van der Waals surface area contributed by atoms with Crippen LogP contribution in [0.5, 0.6) is 5.75 Å². The predicted octanol–water partition coefficient (Wildman–Crippen LogP) is 3.82. The maximum atomic E-state index is 12.8. The van der Waals surface area contributed by atoms with Gasteiger partial charge in [0.25, 0.3) is 0 Å². The number of aromatic nitrogens is 3. The van der Waals surface area contributed by atoms with Crippen molar-refractivity contribution in [2.75, 3.05) is 20.2 Å². The van der Waals surface area contributed by atoms with Crippen LogP contribution in [0.3, 0.4) is 0 Å². The summed E-state index contributed by atoms with van der Waals surface area (Å²) in [6, 6.07) is 9.17. The molecule has 166 valence electrons. The fraction of sp³-hybridized carbons (Fsp3) is 0.375. The maximum Gasteiger partial charge on any atom is 0.231 e. The maximum absolute atomic E-state index is 12.8. The molecule has 1 amide bonds. The van der Waals surface area contributed by atoms with Gasteiger partial charge >= 0.3 is 0 Å². The lowest BCUT2D eigenvalue weighted by molar-refractivity contribution is -0.132. The number of carbonyl (C=O) groups is 2. The smallest absolute Gasteiger partial charge is 0.231 e. The summed E-state index contributed by atoms with van der Waals surface area (Å²) in [6.07, 6.45) is 5.40. The van der Waals surface area contributed by atoms with E-state index in [0.717, 1.165) is 24.0 Å². The molecule has 4 rings (SSSR count). The molecule has 0 N–H and O–H groups in total. The third-order valence-corrected chi connectivity index (χ3v) is 5.71. The highest BCUT2D eigenvalue weighted by Gasteiger charge is 2.29. The second kappa shape index (κ2) is 9.72. The van der Waals surface area contributed by atoms with E-state index in [4.69, 9.17) is 9.26 Å². The van der Waals surface area contributed by atoms with Gasteiger partial charge in [0.2, 0.25) is 17.6 Å². The minimum Gasteiger partial charge on any atom is -0.496 e. The van der Waals surface area contributed by atoms with Gasteiger partial charge in [-0.2, -0.15) is 4.98 Å². The van der Waals surface area contributed by atoms with Crippen molar-refractivity contribution in [1.82, 2.24) is 20.0 Å². The van der Waals surface area contributed by atoms with E-state index in [0.29, 0.717) is 36.1 Å². The Morgan fingerprint density at radius 3 is 2.91 bits per heavy atom. The first-order valence-electron chi connectivity index (χ1n) is 10.7. The summed E-state index contributed by atoms with van der Waals surface area (Å²) in [5, 5.41) is 4.06. The molecule has 0 spiro atoms. The van der Waals surface area contributed by atoms with Gasteiger partial charge in [-0.15, -0.1) is 0 Å². The molecule has 0 radical (unpaired) electrons. The normalized spacial score (nSPS) is 16.1. The lowest BCUT2D eigenvalue weighted by atomic mass is 9.97. The van der Waals surface area contributed by atoms with Crippen molar-refractivity contribution < 1.29 is 18.8 Å². The minimum absolute atomic E-state index is 0.0156. The Morgan fingerprint density at radius 2 is 2.12 bits per heavy atom. The molecular formula is C24H26N4O4. The number of hydrogen-bond acceptors (Lipinski definition) is 7. The molecular weight excluding hydrogens is 408 g/mol. The van der Waals surface area contributed by atoms with Crippen molar-refractivity contribution in [2.45, 2.75) is 38.5 Å². The van der Waals surface area contributed by atoms with E-state index in [1.54, 1.807) is 29.4 Å². The number of likely N-dealkylation sites (tertiary alicyclic amines) is 1. The molecule has 0 unspecified atom stereocenters. The number of methoxy groups -OCH3 is 1. The summed E-state index contributed by atoms with van der Waals surface area (Å²) < 4.78 is 10.8. The van der Waals surface area contributed by atoms with Gasteiger partial charge in [-0.3, -0.25) is 14.6 Å². The van der Waals surface area contributed by atoms with Crippen molar-refractivity contribution in [3.63, 3.8) is 0 Å². The standard InChI is InChI=1S/C24H26N4O4/c1-16-7-9-21(31-2)19(13-16)20(29)8-10-22(30)28-12-4-6-18(15-28)24-26-23(27-32-24)17-5-3-11-25-14-17/h3,5,7,9,11,13-14,18H,4,6,8,10,12,15H2,1-2H3/t18-/m1/s1. The Bertz CT molecular complexity index is 1100. The summed E-state index contributed by atoms with van der Waals surface area (Å²) >= 11 is 0. The van der Waals surface area contributed by atoms with Gasteiger partial charge in [0.15, 0.2) is 5.78 Å².